The molecule has 1 aliphatic rings. The summed E-state index contributed by atoms with van der Waals surface area (Å²) in [5, 5.41) is 6.51. The van der Waals surface area contributed by atoms with E-state index in [4.69, 9.17) is 16.3 Å². The number of rotatable bonds is 8. The summed E-state index contributed by atoms with van der Waals surface area (Å²) in [4.78, 5) is 26.5. The van der Waals surface area contributed by atoms with Gasteiger partial charge in [-0.15, -0.1) is 0 Å². The van der Waals surface area contributed by atoms with E-state index in [0.717, 1.165) is 43.6 Å². The summed E-state index contributed by atoms with van der Waals surface area (Å²) in [7, 11) is 1.65. The largest absolute Gasteiger partial charge is 0.385 e. The lowest BCUT2D eigenvalue weighted by molar-refractivity contribution is -0.126. The molecule has 26 heavy (non-hydrogen) atoms. The second kappa shape index (κ2) is 10.5. The predicted molar refractivity (Wildman–Crippen MR) is 103 cm³/mol. The molecule has 0 spiro atoms. The molecule has 0 unspecified atom stereocenters. The fourth-order valence-electron chi connectivity index (χ4n) is 3.06. The average molecular weight is 382 g/mol. The van der Waals surface area contributed by atoms with Gasteiger partial charge in [-0.1, -0.05) is 17.7 Å². The van der Waals surface area contributed by atoms with E-state index in [1.165, 1.54) is 0 Å². The van der Waals surface area contributed by atoms with Crippen LogP contribution in [0.25, 0.3) is 0 Å². The van der Waals surface area contributed by atoms with Crippen molar-refractivity contribution >= 4 is 29.1 Å². The Hall–Kier alpha value is -1.63. The number of ether oxygens (including phenoxy) is 1. The number of hydrogen-bond acceptors (Lipinski definition) is 4. The molecular formula is C19H28ClN3O3. The van der Waals surface area contributed by atoms with Crippen molar-refractivity contribution in [3.63, 3.8) is 0 Å². The summed E-state index contributed by atoms with van der Waals surface area (Å²) in [6.45, 7) is 5.01. The van der Waals surface area contributed by atoms with Gasteiger partial charge in [0.25, 0.3) is 0 Å². The summed E-state index contributed by atoms with van der Waals surface area (Å²) in [6.07, 6.45) is 2.38. The van der Waals surface area contributed by atoms with Crippen LogP contribution in [0.1, 0.15) is 24.8 Å². The minimum Gasteiger partial charge on any atom is -0.385 e. The van der Waals surface area contributed by atoms with Crippen LogP contribution < -0.4 is 10.6 Å². The highest BCUT2D eigenvalue weighted by Gasteiger charge is 2.25. The van der Waals surface area contributed by atoms with Gasteiger partial charge in [-0.3, -0.25) is 14.5 Å². The van der Waals surface area contributed by atoms with E-state index in [2.05, 4.69) is 15.5 Å². The number of piperidine rings is 1. The summed E-state index contributed by atoms with van der Waals surface area (Å²) in [6, 6.07) is 5.47. The normalized spacial score (nSPS) is 15.7. The molecule has 2 rings (SSSR count). The van der Waals surface area contributed by atoms with Gasteiger partial charge in [-0.2, -0.15) is 0 Å². The second-order valence-electron chi connectivity index (χ2n) is 6.65. The molecule has 0 radical (unpaired) electrons. The van der Waals surface area contributed by atoms with E-state index in [-0.39, 0.29) is 17.7 Å². The number of nitrogens with zero attached hydrogens (tertiary/aromatic N) is 1. The molecule has 0 aromatic heterocycles. The first kappa shape index (κ1) is 20.7. The Balaban J connectivity index is 1.72. The molecule has 0 saturated carbocycles. The molecule has 1 fully saturated rings. The number of halogens is 1. The fraction of sp³-hybridized carbons (Fsp3) is 0.579. The molecule has 0 bridgehead atoms. The number of amides is 2. The number of carbonyl (C=O) groups is 2. The molecular weight excluding hydrogens is 354 g/mol. The third-order valence-electron chi connectivity index (χ3n) is 4.69. The van der Waals surface area contributed by atoms with E-state index < -0.39 is 0 Å². The average Bonchev–Trinajstić information content (AvgIpc) is 2.63. The van der Waals surface area contributed by atoms with E-state index in [1.807, 2.05) is 19.1 Å². The molecule has 1 aliphatic heterocycles. The van der Waals surface area contributed by atoms with Crippen molar-refractivity contribution in [2.75, 3.05) is 45.2 Å². The van der Waals surface area contributed by atoms with E-state index in [1.54, 1.807) is 13.2 Å². The van der Waals surface area contributed by atoms with E-state index in [9.17, 15) is 9.59 Å². The van der Waals surface area contributed by atoms with Crippen LogP contribution in [0.2, 0.25) is 5.02 Å². The molecule has 0 atom stereocenters. The van der Waals surface area contributed by atoms with Crippen molar-refractivity contribution in [2.24, 2.45) is 5.92 Å². The van der Waals surface area contributed by atoms with Gasteiger partial charge in [0.2, 0.25) is 11.8 Å². The Morgan fingerprint density at radius 2 is 2.04 bits per heavy atom. The molecule has 2 amide bonds. The zero-order valence-corrected chi connectivity index (χ0v) is 16.3. The SMILES string of the molecule is COCCCNC(=O)C1CCN(CC(=O)Nc2cccc(Cl)c2C)CC1. The van der Waals surface area contributed by atoms with Crippen LogP contribution in [0.15, 0.2) is 18.2 Å². The Morgan fingerprint density at radius 3 is 2.73 bits per heavy atom. The lowest BCUT2D eigenvalue weighted by Gasteiger charge is -2.30. The van der Waals surface area contributed by atoms with Crippen molar-refractivity contribution in [1.29, 1.82) is 0 Å². The summed E-state index contributed by atoms with van der Waals surface area (Å²) in [5.41, 5.74) is 1.61. The maximum Gasteiger partial charge on any atom is 0.238 e. The van der Waals surface area contributed by atoms with Gasteiger partial charge in [0, 0.05) is 36.9 Å². The van der Waals surface area contributed by atoms with Crippen molar-refractivity contribution in [2.45, 2.75) is 26.2 Å². The molecule has 6 nitrogen and oxygen atoms in total. The first-order valence-corrected chi connectivity index (χ1v) is 9.43. The van der Waals surface area contributed by atoms with Crippen LogP contribution in [0, 0.1) is 12.8 Å². The predicted octanol–water partition coefficient (Wildman–Crippen LogP) is 2.45. The quantitative estimate of drug-likeness (QED) is 0.678. The third kappa shape index (κ3) is 6.27. The third-order valence-corrected chi connectivity index (χ3v) is 5.10. The maximum atomic E-state index is 12.3. The van der Waals surface area contributed by atoms with Crippen LogP contribution >= 0.6 is 11.6 Å². The van der Waals surface area contributed by atoms with Crippen LogP contribution in [-0.2, 0) is 14.3 Å². The van der Waals surface area contributed by atoms with Crippen molar-refractivity contribution in [1.82, 2.24) is 10.2 Å². The van der Waals surface area contributed by atoms with Crippen LogP contribution in [0.3, 0.4) is 0 Å². The van der Waals surface area contributed by atoms with Gasteiger partial charge in [0.15, 0.2) is 0 Å². The molecule has 1 heterocycles. The van der Waals surface area contributed by atoms with Gasteiger partial charge >= 0.3 is 0 Å². The Kier molecular flexibility index (Phi) is 8.35. The molecule has 7 heteroatoms. The molecule has 1 aromatic rings. The van der Waals surface area contributed by atoms with Gasteiger partial charge in [0.1, 0.15) is 0 Å². The minimum atomic E-state index is -0.0576. The molecule has 2 N–H and O–H groups in total. The van der Waals surface area contributed by atoms with Crippen molar-refractivity contribution in [3.05, 3.63) is 28.8 Å². The van der Waals surface area contributed by atoms with Crippen LogP contribution in [0.5, 0.6) is 0 Å². The zero-order valence-electron chi connectivity index (χ0n) is 15.5. The van der Waals surface area contributed by atoms with Crippen molar-refractivity contribution < 1.29 is 14.3 Å². The van der Waals surface area contributed by atoms with Crippen LogP contribution in [-0.4, -0.2) is 56.6 Å². The zero-order chi connectivity index (χ0) is 18.9. The number of hydrogen-bond donors (Lipinski definition) is 2. The maximum absolute atomic E-state index is 12.3. The number of carbonyl (C=O) groups excluding carboxylic acids is 2. The fourth-order valence-corrected chi connectivity index (χ4v) is 3.24. The highest BCUT2D eigenvalue weighted by atomic mass is 35.5. The number of benzene rings is 1. The second-order valence-corrected chi connectivity index (χ2v) is 7.06. The first-order valence-electron chi connectivity index (χ1n) is 9.05. The Labute approximate surface area is 160 Å². The first-order chi connectivity index (χ1) is 12.5. The minimum absolute atomic E-state index is 0.0343. The topological polar surface area (TPSA) is 70.7 Å². The van der Waals surface area contributed by atoms with Crippen LogP contribution in [0.4, 0.5) is 5.69 Å². The van der Waals surface area contributed by atoms with E-state index in [0.29, 0.717) is 24.7 Å². The Bertz CT molecular complexity index is 616. The molecule has 0 aliphatic carbocycles. The molecule has 1 aromatic carbocycles. The highest BCUT2D eigenvalue weighted by Crippen LogP contribution is 2.23. The molecule has 144 valence electrons. The van der Waals surface area contributed by atoms with Gasteiger partial charge in [-0.25, -0.2) is 0 Å². The van der Waals surface area contributed by atoms with Gasteiger partial charge in [0.05, 0.1) is 6.54 Å². The van der Waals surface area contributed by atoms with Crippen molar-refractivity contribution in [3.8, 4) is 0 Å². The number of methoxy groups -OCH3 is 1. The van der Waals surface area contributed by atoms with Gasteiger partial charge < -0.3 is 15.4 Å². The number of nitrogens with one attached hydrogen (secondary N) is 2. The highest BCUT2D eigenvalue weighted by molar-refractivity contribution is 6.31. The number of anilines is 1. The number of likely N-dealkylation sites (tertiary alicyclic amines) is 1. The lowest BCUT2D eigenvalue weighted by Crippen LogP contribution is -2.43. The molecule has 1 saturated heterocycles. The Morgan fingerprint density at radius 1 is 1.31 bits per heavy atom. The summed E-state index contributed by atoms with van der Waals surface area (Å²) >= 11 is 6.08. The standard InChI is InChI=1S/C19H28ClN3O3/c1-14-16(20)5-3-6-17(14)22-18(24)13-23-10-7-15(8-11-23)19(25)21-9-4-12-26-2/h3,5-6,15H,4,7-13H2,1-2H3,(H,21,25)(H,22,24). The smallest absolute Gasteiger partial charge is 0.238 e. The monoisotopic (exact) mass is 381 g/mol. The van der Waals surface area contributed by atoms with Gasteiger partial charge in [-0.05, 0) is 57.0 Å². The summed E-state index contributed by atoms with van der Waals surface area (Å²) in [5.74, 6) is 0.0876. The lowest BCUT2D eigenvalue weighted by atomic mass is 9.96. The summed E-state index contributed by atoms with van der Waals surface area (Å²) < 4.78 is 4.97. The van der Waals surface area contributed by atoms with E-state index >= 15 is 0 Å².